The average Bonchev–Trinajstić information content (AvgIpc) is 3.54. The lowest BCUT2D eigenvalue weighted by Gasteiger charge is -2.37. The number of rotatable bonds is 7. The molecule has 1 aliphatic carbocycles. The quantitative estimate of drug-likeness (QED) is 0.502. The minimum Gasteiger partial charge on any atom is -0.444 e. The summed E-state index contributed by atoms with van der Waals surface area (Å²) in [4.78, 5) is 53.0. The van der Waals surface area contributed by atoms with E-state index in [1.54, 1.807) is 32.6 Å². The number of nitrogens with one attached hydrogen (secondary N) is 2. The molecule has 0 bridgehead atoms. The number of carbonyl (C=O) groups is 4. The van der Waals surface area contributed by atoms with E-state index >= 15 is 0 Å². The first-order valence-electron chi connectivity index (χ1n) is 12.3. The normalized spacial score (nSPS) is 22.2. The Morgan fingerprint density at radius 2 is 1.78 bits per heavy atom. The maximum atomic E-state index is 13.6. The van der Waals surface area contributed by atoms with Gasteiger partial charge in [-0.05, 0) is 51.7 Å². The minimum absolute atomic E-state index is 0.116. The third-order valence-corrected chi connectivity index (χ3v) is 6.91. The number of alkyl carbamates (subject to hydrolysis) is 1. The first kappa shape index (κ1) is 28.1. The Morgan fingerprint density at radius 3 is 2.35 bits per heavy atom. The number of halogens is 2. The van der Waals surface area contributed by atoms with Crippen LogP contribution >= 0.6 is 0 Å². The summed E-state index contributed by atoms with van der Waals surface area (Å²) in [5.41, 5.74) is 4.00. The highest BCUT2D eigenvalue weighted by Crippen LogP contribution is 2.59. The van der Waals surface area contributed by atoms with Crippen LogP contribution in [0.4, 0.5) is 24.1 Å². The van der Waals surface area contributed by atoms with E-state index in [0.717, 1.165) is 12.1 Å². The number of hydrogen-bond donors (Lipinski definition) is 3. The summed E-state index contributed by atoms with van der Waals surface area (Å²) in [6.07, 6.45) is -0.0559. The van der Waals surface area contributed by atoms with Crippen LogP contribution in [-0.4, -0.2) is 67.2 Å². The van der Waals surface area contributed by atoms with E-state index < -0.39 is 46.6 Å². The van der Waals surface area contributed by atoms with Gasteiger partial charge in [-0.15, -0.1) is 0 Å². The molecular weight excluding hydrogens is 488 g/mol. The summed E-state index contributed by atoms with van der Waals surface area (Å²) < 4.78 is 32.1. The Bertz CT molecular complexity index is 1050. The van der Waals surface area contributed by atoms with Crippen LogP contribution < -0.4 is 21.3 Å². The topological polar surface area (TPSA) is 134 Å². The van der Waals surface area contributed by atoms with Crippen LogP contribution in [-0.2, 0) is 14.3 Å². The molecule has 2 fully saturated rings. The fourth-order valence-corrected chi connectivity index (χ4v) is 4.92. The maximum Gasteiger partial charge on any atom is 0.407 e. The Balaban J connectivity index is 1.60. The van der Waals surface area contributed by atoms with E-state index in [9.17, 15) is 28.0 Å². The van der Waals surface area contributed by atoms with Crippen molar-refractivity contribution in [1.29, 1.82) is 0 Å². The van der Waals surface area contributed by atoms with Crippen molar-refractivity contribution in [2.75, 3.05) is 37.6 Å². The molecule has 1 aromatic carbocycles. The molecule has 2 aliphatic rings. The van der Waals surface area contributed by atoms with Gasteiger partial charge in [-0.2, -0.15) is 0 Å². The average molecular weight is 524 g/mol. The Morgan fingerprint density at radius 1 is 1.14 bits per heavy atom. The molecule has 204 valence electrons. The molecular formula is C25H35F2N5O5. The van der Waals surface area contributed by atoms with Gasteiger partial charge in [0.15, 0.2) is 11.6 Å². The molecule has 10 nitrogen and oxygen atoms in total. The van der Waals surface area contributed by atoms with Gasteiger partial charge in [0.1, 0.15) is 5.60 Å². The smallest absolute Gasteiger partial charge is 0.407 e. The van der Waals surface area contributed by atoms with Gasteiger partial charge in [0.2, 0.25) is 11.8 Å². The van der Waals surface area contributed by atoms with Crippen molar-refractivity contribution in [1.82, 2.24) is 15.5 Å². The van der Waals surface area contributed by atoms with E-state index in [0.29, 0.717) is 38.3 Å². The number of nitrogens with zero attached hydrogens (tertiary/aromatic N) is 2. The van der Waals surface area contributed by atoms with Gasteiger partial charge in [-0.3, -0.25) is 14.9 Å². The summed E-state index contributed by atoms with van der Waals surface area (Å²) in [6, 6.07) is 2.73. The van der Waals surface area contributed by atoms with E-state index in [1.165, 1.54) is 6.07 Å². The second-order valence-electron chi connectivity index (χ2n) is 10.7. The van der Waals surface area contributed by atoms with Crippen LogP contribution in [0.5, 0.6) is 0 Å². The number of benzene rings is 1. The highest BCUT2D eigenvalue weighted by Gasteiger charge is 2.62. The standard InChI is InChI=1S/C25H35F2N5O5/c1-15(20(33)32-11-9-31(10-12-32)16-5-6-18(26)19(27)13-16)17-14-25(17,21(34)30-22(28)35)7-8-29-23(36)37-24(2,3)4/h5-6,13,15,17H,7-12,14H2,1-4H3,(H,29,36)(H3,28,30,34,35)/t15-,17?,25+/m0/s1. The number of ether oxygens (including phenoxy) is 1. The summed E-state index contributed by atoms with van der Waals surface area (Å²) in [5, 5.41) is 4.74. The Labute approximate surface area is 214 Å². The van der Waals surface area contributed by atoms with Crippen LogP contribution in [0.15, 0.2) is 18.2 Å². The molecule has 4 N–H and O–H groups in total. The number of piperazine rings is 1. The monoisotopic (exact) mass is 523 g/mol. The Hall–Kier alpha value is -3.44. The lowest BCUT2D eigenvalue weighted by molar-refractivity contribution is -0.136. The molecule has 0 radical (unpaired) electrons. The fourth-order valence-electron chi connectivity index (χ4n) is 4.92. The number of anilines is 1. The highest BCUT2D eigenvalue weighted by atomic mass is 19.2. The second kappa shape index (κ2) is 10.9. The molecule has 1 heterocycles. The third-order valence-electron chi connectivity index (χ3n) is 6.91. The van der Waals surface area contributed by atoms with E-state index in [2.05, 4.69) is 10.6 Å². The summed E-state index contributed by atoms with van der Waals surface area (Å²) >= 11 is 0. The molecule has 1 aromatic rings. The zero-order valence-corrected chi connectivity index (χ0v) is 21.6. The highest BCUT2D eigenvalue weighted by molar-refractivity contribution is 5.99. The molecule has 3 atom stereocenters. The number of nitrogens with two attached hydrogens (primary N) is 1. The number of primary amides is 1. The van der Waals surface area contributed by atoms with Gasteiger partial charge < -0.3 is 25.6 Å². The molecule has 0 spiro atoms. The maximum absolute atomic E-state index is 13.6. The van der Waals surface area contributed by atoms with Crippen LogP contribution in [0.25, 0.3) is 0 Å². The van der Waals surface area contributed by atoms with Crippen molar-refractivity contribution in [3.63, 3.8) is 0 Å². The largest absolute Gasteiger partial charge is 0.444 e. The number of urea groups is 1. The lowest BCUT2D eigenvalue weighted by atomic mass is 9.91. The summed E-state index contributed by atoms with van der Waals surface area (Å²) in [7, 11) is 0. The van der Waals surface area contributed by atoms with Crippen LogP contribution in [0.3, 0.4) is 0 Å². The van der Waals surface area contributed by atoms with Crippen molar-refractivity contribution >= 4 is 29.6 Å². The molecule has 1 unspecified atom stereocenters. The summed E-state index contributed by atoms with van der Waals surface area (Å²) in [5.74, 6) is -3.41. The van der Waals surface area contributed by atoms with Crippen molar-refractivity contribution in [2.24, 2.45) is 23.0 Å². The number of amides is 5. The first-order valence-corrected chi connectivity index (χ1v) is 12.3. The van der Waals surface area contributed by atoms with Crippen molar-refractivity contribution in [3.8, 4) is 0 Å². The van der Waals surface area contributed by atoms with Crippen LogP contribution in [0, 0.1) is 28.9 Å². The number of carbonyl (C=O) groups excluding carboxylic acids is 4. The Kier molecular flexibility index (Phi) is 8.28. The lowest BCUT2D eigenvalue weighted by Crippen LogP contribution is -2.51. The second-order valence-corrected chi connectivity index (χ2v) is 10.7. The predicted octanol–water partition coefficient (Wildman–Crippen LogP) is 2.37. The van der Waals surface area contributed by atoms with Crippen molar-refractivity contribution < 1.29 is 32.7 Å². The van der Waals surface area contributed by atoms with Crippen LogP contribution in [0.2, 0.25) is 0 Å². The van der Waals surface area contributed by atoms with E-state index in [4.69, 9.17) is 10.5 Å². The molecule has 0 aromatic heterocycles. The molecule has 37 heavy (non-hydrogen) atoms. The van der Waals surface area contributed by atoms with Gasteiger partial charge >= 0.3 is 12.1 Å². The number of hydrogen-bond acceptors (Lipinski definition) is 6. The van der Waals surface area contributed by atoms with E-state index in [-0.39, 0.29) is 24.8 Å². The van der Waals surface area contributed by atoms with E-state index in [1.807, 2.05) is 4.90 Å². The van der Waals surface area contributed by atoms with Gasteiger partial charge in [0, 0.05) is 50.4 Å². The van der Waals surface area contributed by atoms with Crippen molar-refractivity contribution in [2.45, 2.75) is 46.1 Å². The van der Waals surface area contributed by atoms with Crippen LogP contribution in [0.1, 0.15) is 40.5 Å². The molecule has 1 saturated heterocycles. The zero-order chi connectivity index (χ0) is 27.5. The SMILES string of the molecule is C[C@H](C(=O)N1CCN(c2ccc(F)c(F)c2)CC1)C1C[C@@]1(CCNC(=O)OC(C)(C)C)C(=O)NC(N)=O. The molecule has 3 rings (SSSR count). The number of imide groups is 1. The molecule has 5 amide bonds. The minimum atomic E-state index is -1.02. The van der Waals surface area contributed by atoms with Crippen molar-refractivity contribution in [3.05, 3.63) is 29.8 Å². The summed E-state index contributed by atoms with van der Waals surface area (Å²) in [6.45, 7) is 8.72. The zero-order valence-electron chi connectivity index (χ0n) is 21.6. The first-order chi connectivity index (χ1) is 17.2. The van der Waals surface area contributed by atoms with Gasteiger partial charge in [0.05, 0.1) is 5.41 Å². The fraction of sp³-hybridized carbons (Fsp3) is 0.600. The molecule has 12 heteroatoms. The molecule has 1 saturated carbocycles. The van der Waals surface area contributed by atoms with Gasteiger partial charge in [-0.25, -0.2) is 18.4 Å². The van der Waals surface area contributed by atoms with Gasteiger partial charge in [0.25, 0.3) is 0 Å². The van der Waals surface area contributed by atoms with Gasteiger partial charge in [-0.1, -0.05) is 6.92 Å². The molecule has 1 aliphatic heterocycles. The third kappa shape index (κ3) is 6.86. The predicted molar refractivity (Wildman–Crippen MR) is 131 cm³/mol.